The minimum absolute atomic E-state index is 0.0233. The van der Waals surface area contributed by atoms with Crippen LogP contribution in [0.3, 0.4) is 0 Å². The Morgan fingerprint density at radius 3 is 1.58 bits per heavy atom. The van der Waals surface area contributed by atoms with Crippen molar-refractivity contribution in [3.8, 4) is 0 Å². The third kappa shape index (κ3) is 4.45. The molecule has 0 aromatic heterocycles. The molecule has 0 aromatic carbocycles. The second kappa shape index (κ2) is 5.30. The fourth-order valence-electron chi connectivity index (χ4n) is 0.608. The Hall–Kier alpha value is -1.37. The number of carbonyl (C=O) groups is 1. The van der Waals surface area contributed by atoms with E-state index >= 15 is 0 Å². The van der Waals surface area contributed by atoms with Crippen molar-refractivity contribution in [3.63, 3.8) is 0 Å². The number of rotatable bonds is 4. The lowest BCUT2D eigenvalue weighted by atomic mass is 10.2. The van der Waals surface area contributed by atoms with E-state index in [2.05, 4.69) is 13.2 Å². The van der Waals surface area contributed by atoms with Gasteiger partial charge in [-0.3, -0.25) is 4.79 Å². The van der Waals surface area contributed by atoms with E-state index in [4.69, 9.17) is 0 Å². The van der Waals surface area contributed by atoms with Crippen LogP contribution in [0.5, 0.6) is 0 Å². The SMILES string of the molecule is C=CC(C)=CC(=O)C=C(C)C=C. The Morgan fingerprint density at radius 1 is 1.00 bits per heavy atom. The van der Waals surface area contributed by atoms with Gasteiger partial charge in [-0.1, -0.05) is 25.3 Å². The third-order valence-corrected chi connectivity index (χ3v) is 1.38. The van der Waals surface area contributed by atoms with Gasteiger partial charge < -0.3 is 0 Å². The topological polar surface area (TPSA) is 17.1 Å². The first-order valence-electron chi connectivity index (χ1n) is 3.75. The zero-order chi connectivity index (χ0) is 9.56. The predicted molar refractivity (Wildman–Crippen MR) is 52.9 cm³/mol. The lowest BCUT2D eigenvalue weighted by Gasteiger charge is -1.90. The Kier molecular flexibility index (Phi) is 4.70. The van der Waals surface area contributed by atoms with Crippen LogP contribution >= 0.6 is 0 Å². The minimum atomic E-state index is -0.0233. The van der Waals surface area contributed by atoms with Crippen LogP contribution in [-0.4, -0.2) is 5.78 Å². The van der Waals surface area contributed by atoms with Crippen LogP contribution in [0, 0.1) is 0 Å². The van der Waals surface area contributed by atoms with Gasteiger partial charge in [0.25, 0.3) is 0 Å². The molecule has 1 heteroatoms. The summed E-state index contributed by atoms with van der Waals surface area (Å²) in [4.78, 5) is 11.1. The van der Waals surface area contributed by atoms with E-state index < -0.39 is 0 Å². The van der Waals surface area contributed by atoms with E-state index in [0.29, 0.717) is 0 Å². The molecule has 0 aliphatic carbocycles. The number of ketones is 1. The van der Waals surface area contributed by atoms with Crippen molar-refractivity contribution in [2.24, 2.45) is 0 Å². The molecule has 0 N–H and O–H groups in total. The molecule has 0 rings (SSSR count). The van der Waals surface area contributed by atoms with E-state index in [0.717, 1.165) is 11.1 Å². The summed E-state index contributed by atoms with van der Waals surface area (Å²) in [6, 6.07) is 0. The molecule has 64 valence electrons. The van der Waals surface area contributed by atoms with Crippen molar-refractivity contribution in [2.45, 2.75) is 13.8 Å². The maximum absolute atomic E-state index is 11.1. The van der Waals surface area contributed by atoms with Gasteiger partial charge in [-0.2, -0.15) is 0 Å². The summed E-state index contributed by atoms with van der Waals surface area (Å²) < 4.78 is 0. The first kappa shape index (κ1) is 10.6. The largest absolute Gasteiger partial charge is 0.290 e. The molecule has 0 aliphatic rings. The second-order valence-electron chi connectivity index (χ2n) is 2.59. The molecule has 0 bridgehead atoms. The molecule has 0 radical (unpaired) electrons. The van der Waals surface area contributed by atoms with Crippen LogP contribution in [0.15, 0.2) is 48.6 Å². The Balaban J connectivity index is 4.43. The molecule has 0 fully saturated rings. The summed E-state index contributed by atoms with van der Waals surface area (Å²) in [6.45, 7) is 10.8. The summed E-state index contributed by atoms with van der Waals surface area (Å²) in [5.74, 6) is -0.0233. The molecule has 0 unspecified atom stereocenters. The smallest absolute Gasteiger partial charge is 0.179 e. The third-order valence-electron chi connectivity index (χ3n) is 1.38. The average Bonchev–Trinajstić information content (AvgIpc) is 2.03. The quantitative estimate of drug-likeness (QED) is 0.459. The molecule has 0 saturated heterocycles. The number of allylic oxidation sites excluding steroid dienone is 6. The van der Waals surface area contributed by atoms with Crippen molar-refractivity contribution in [2.75, 3.05) is 0 Å². The fraction of sp³-hybridized carbons (Fsp3) is 0.182. The highest BCUT2D eigenvalue weighted by Gasteiger charge is 1.91. The first-order valence-corrected chi connectivity index (χ1v) is 3.75. The fourth-order valence-corrected chi connectivity index (χ4v) is 0.608. The lowest BCUT2D eigenvalue weighted by molar-refractivity contribution is -0.110. The Morgan fingerprint density at radius 2 is 1.33 bits per heavy atom. The molecular weight excluding hydrogens is 148 g/mol. The molecule has 0 heterocycles. The van der Waals surface area contributed by atoms with Gasteiger partial charge in [-0.25, -0.2) is 0 Å². The van der Waals surface area contributed by atoms with Gasteiger partial charge in [0.05, 0.1) is 0 Å². The van der Waals surface area contributed by atoms with E-state index in [1.54, 1.807) is 24.3 Å². The van der Waals surface area contributed by atoms with Crippen LogP contribution in [0.4, 0.5) is 0 Å². The number of carbonyl (C=O) groups excluding carboxylic acids is 1. The van der Waals surface area contributed by atoms with Crippen LogP contribution in [0.25, 0.3) is 0 Å². The molecule has 0 saturated carbocycles. The number of hydrogen-bond acceptors (Lipinski definition) is 1. The summed E-state index contributed by atoms with van der Waals surface area (Å²) in [6.07, 6.45) is 6.38. The molecule has 12 heavy (non-hydrogen) atoms. The highest BCUT2D eigenvalue weighted by molar-refractivity contribution is 6.00. The molecule has 0 atom stereocenters. The molecule has 0 spiro atoms. The first-order chi connectivity index (χ1) is 5.60. The van der Waals surface area contributed by atoms with E-state index in [-0.39, 0.29) is 5.78 Å². The molecular formula is C11H14O. The van der Waals surface area contributed by atoms with Crippen molar-refractivity contribution < 1.29 is 4.79 Å². The van der Waals surface area contributed by atoms with Crippen LogP contribution in [0.2, 0.25) is 0 Å². The van der Waals surface area contributed by atoms with Gasteiger partial charge in [0.15, 0.2) is 5.78 Å². The predicted octanol–water partition coefficient (Wildman–Crippen LogP) is 2.82. The minimum Gasteiger partial charge on any atom is -0.290 e. The molecule has 0 aromatic rings. The lowest BCUT2D eigenvalue weighted by Crippen LogP contribution is -1.88. The zero-order valence-electron chi connectivity index (χ0n) is 7.63. The van der Waals surface area contributed by atoms with Crippen LogP contribution < -0.4 is 0 Å². The maximum Gasteiger partial charge on any atom is 0.179 e. The number of hydrogen-bond donors (Lipinski definition) is 0. The van der Waals surface area contributed by atoms with Gasteiger partial charge >= 0.3 is 0 Å². The highest BCUT2D eigenvalue weighted by atomic mass is 16.1. The van der Waals surface area contributed by atoms with Crippen molar-refractivity contribution in [1.29, 1.82) is 0 Å². The van der Waals surface area contributed by atoms with Crippen molar-refractivity contribution in [1.82, 2.24) is 0 Å². The molecule has 0 amide bonds. The van der Waals surface area contributed by atoms with Crippen LogP contribution in [-0.2, 0) is 4.79 Å². The Bertz CT molecular complexity index is 228. The van der Waals surface area contributed by atoms with Gasteiger partial charge in [-0.05, 0) is 37.1 Å². The Labute approximate surface area is 73.8 Å². The maximum atomic E-state index is 11.1. The van der Waals surface area contributed by atoms with E-state index in [1.807, 2.05) is 13.8 Å². The normalized spacial score (nSPS) is 12.5. The summed E-state index contributed by atoms with van der Waals surface area (Å²) in [7, 11) is 0. The van der Waals surface area contributed by atoms with Gasteiger partial charge in [0, 0.05) is 0 Å². The van der Waals surface area contributed by atoms with Gasteiger partial charge in [0.1, 0.15) is 0 Å². The standard InChI is InChI=1S/C11H14O/c1-5-9(3)7-11(12)8-10(4)6-2/h5-8H,1-2H2,3-4H3. The summed E-state index contributed by atoms with van der Waals surface area (Å²) in [5, 5.41) is 0. The van der Waals surface area contributed by atoms with Gasteiger partial charge in [0.2, 0.25) is 0 Å². The molecule has 1 nitrogen and oxygen atoms in total. The highest BCUT2D eigenvalue weighted by Crippen LogP contribution is 1.97. The second-order valence-corrected chi connectivity index (χ2v) is 2.59. The van der Waals surface area contributed by atoms with E-state index in [9.17, 15) is 4.79 Å². The van der Waals surface area contributed by atoms with E-state index in [1.165, 1.54) is 0 Å². The van der Waals surface area contributed by atoms with Crippen LogP contribution in [0.1, 0.15) is 13.8 Å². The zero-order valence-corrected chi connectivity index (χ0v) is 7.63. The van der Waals surface area contributed by atoms with Gasteiger partial charge in [-0.15, -0.1) is 0 Å². The van der Waals surface area contributed by atoms with Crippen molar-refractivity contribution >= 4 is 5.78 Å². The summed E-state index contributed by atoms with van der Waals surface area (Å²) in [5.41, 5.74) is 1.74. The average molecular weight is 162 g/mol. The molecule has 0 aliphatic heterocycles. The van der Waals surface area contributed by atoms with Crippen molar-refractivity contribution in [3.05, 3.63) is 48.6 Å². The summed E-state index contributed by atoms with van der Waals surface area (Å²) >= 11 is 0. The monoisotopic (exact) mass is 162 g/mol.